The molecule has 0 spiro atoms. The van der Waals surface area contributed by atoms with Crippen LogP contribution in [-0.2, 0) is 10.0 Å². The minimum atomic E-state index is -3.58. The number of carbonyl (C=O) groups is 1. The minimum Gasteiger partial charge on any atom is -0.351 e. The highest BCUT2D eigenvalue weighted by Gasteiger charge is 2.29. The topological polar surface area (TPSA) is 78.5 Å². The van der Waals surface area contributed by atoms with E-state index >= 15 is 0 Å². The second-order valence-electron chi connectivity index (χ2n) is 6.45. The first-order chi connectivity index (χ1) is 12.0. The van der Waals surface area contributed by atoms with Crippen LogP contribution in [0.15, 0.2) is 29.2 Å². The number of carbonyl (C=O) groups excluding carboxylic acids is 1. The summed E-state index contributed by atoms with van der Waals surface area (Å²) in [4.78, 5) is 12.4. The van der Waals surface area contributed by atoms with E-state index in [1.807, 2.05) is 6.92 Å². The molecule has 0 aliphatic heterocycles. The van der Waals surface area contributed by atoms with Crippen LogP contribution in [0.5, 0.6) is 0 Å². The first kappa shape index (κ1) is 19.9. The van der Waals surface area contributed by atoms with Crippen molar-refractivity contribution in [3.8, 4) is 0 Å². The van der Waals surface area contributed by atoms with Crippen LogP contribution >= 0.6 is 0 Å². The third kappa shape index (κ3) is 5.26. The third-order valence-corrected chi connectivity index (χ3v) is 6.61. The number of hydrogen-bond donors (Lipinski definition) is 2. The molecule has 0 saturated heterocycles. The van der Waals surface area contributed by atoms with Crippen molar-refractivity contribution >= 4 is 15.9 Å². The lowest BCUT2D eigenvalue weighted by molar-refractivity contribution is 0.0953. The second kappa shape index (κ2) is 9.31. The molecule has 2 N–H and O–H groups in total. The summed E-state index contributed by atoms with van der Waals surface area (Å²) in [5.74, 6) is -0.254. The summed E-state index contributed by atoms with van der Waals surface area (Å²) in [5, 5.41) is 5.92. The van der Waals surface area contributed by atoms with Gasteiger partial charge in [0.1, 0.15) is 0 Å². The molecule has 1 saturated carbocycles. The number of sulfonamides is 1. The molecule has 2 rings (SSSR count). The van der Waals surface area contributed by atoms with E-state index in [0.29, 0.717) is 18.7 Å². The fourth-order valence-corrected chi connectivity index (χ4v) is 4.61. The largest absolute Gasteiger partial charge is 0.351 e. The van der Waals surface area contributed by atoms with E-state index in [1.165, 1.54) is 16.8 Å². The van der Waals surface area contributed by atoms with Crippen LogP contribution in [0.25, 0.3) is 0 Å². The summed E-state index contributed by atoms with van der Waals surface area (Å²) in [6, 6.07) is 6.35. The molecular weight excluding hydrogens is 338 g/mol. The molecular formula is C18H29N3O3S. The van der Waals surface area contributed by atoms with Crippen LogP contribution in [0, 0.1) is 0 Å². The Kier molecular flexibility index (Phi) is 7.40. The standard InChI is InChI=1S/C18H29N3O3S/c1-3-19-12-13-20-18(22)15-8-7-11-17(14-15)25(23,24)21(2)16-9-5-4-6-10-16/h7-8,11,14,16,19H,3-6,9-10,12-13H2,1-2H3,(H,20,22). The molecule has 140 valence electrons. The van der Waals surface area contributed by atoms with E-state index < -0.39 is 10.0 Å². The fourth-order valence-electron chi connectivity index (χ4n) is 3.15. The predicted octanol–water partition coefficient (Wildman–Crippen LogP) is 1.98. The summed E-state index contributed by atoms with van der Waals surface area (Å²) in [6.45, 7) is 4.03. The molecule has 25 heavy (non-hydrogen) atoms. The number of likely N-dealkylation sites (N-methyl/N-ethyl adjacent to an activating group) is 1. The van der Waals surface area contributed by atoms with Crippen LogP contribution in [0.3, 0.4) is 0 Å². The summed E-state index contributed by atoms with van der Waals surface area (Å²) in [5.41, 5.74) is 0.370. The predicted molar refractivity (Wildman–Crippen MR) is 99.1 cm³/mol. The summed E-state index contributed by atoms with van der Waals surface area (Å²) >= 11 is 0. The lowest BCUT2D eigenvalue weighted by Crippen LogP contribution is -2.38. The van der Waals surface area contributed by atoms with Crippen LogP contribution < -0.4 is 10.6 Å². The Hall–Kier alpha value is -1.44. The molecule has 0 atom stereocenters. The lowest BCUT2D eigenvalue weighted by atomic mass is 9.96. The van der Waals surface area contributed by atoms with Gasteiger partial charge in [-0.3, -0.25) is 4.79 Å². The molecule has 0 radical (unpaired) electrons. The van der Waals surface area contributed by atoms with Gasteiger partial charge in [0.05, 0.1) is 4.90 Å². The van der Waals surface area contributed by atoms with E-state index in [2.05, 4.69) is 10.6 Å². The summed E-state index contributed by atoms with van der Waals surface area (Å²) in [6.07, 6.45) is 5.12. The lowest BCUT2D eigenvalue weighted by Gasteiger charge is -2.30. The maximum atomic E-state index is 12.9. The highest BCUT2D eigenvalue weighted by atomic mass is 32.2. The van der Waals surface area contributed by atoms with Gasteiger partial charge in [0.2, 0.25) is 10.0 Å². The van der Waals surface area contributed by atoms with Crippen LogP contribution in [-0.4, -0.2) is 51.4 Å². The zero-order valence-electron chi connectivity index (χ0n) is 15.1. The number of hydrogen-bond acceptors (Lipinski definition) is 4. The molecule has 6 nitrogen and oxygen atoms in total. The molecule has 1 aliphatic rings. The first-order valence-corrected chi connectivity index (χ1v) is 10.5. The Balaban J connectivity index is 2.09. The molecule has 1 aromatic carbocycles. The van der Waals surface area contributed by atoms with E-state index in [-0.39, 0.29) is 16.8 Å². The summed E-state index contributed by atoms with van der Waals surface area (Å²) in [7, 11) is -1.94. The Bertz CT molecular complexity index is 670. The van der Waals surface area contributed by atoms with Gasteiger partial charge in [-0.2, -0.15) is 4.31 Å². The minimum absolute atomic E-state index is 0.0522. The van der Waals surface area contributed by atoms with Gasteiger partial charge >= 0.3 is 0 Å². The van der Waals surface area contributed by atoms with Gasteiger partial charge < -0.3 is 10.6 Å². The van der Waals surface area contributed by atoms with E-state index in [4.69, 9.17) is 0 Å². The Morgan fingerprint density at radius 3 is 2.60 bits per heavy atom. The van der Waals surface area contributed by atoms with Gasteiger partial charge in [0.15, 0.2) is 0 Å². The maximum absolute atomic E-state index is 12.9. The van der Waals surface area contributed by atoms with Crippen molar-refractivity contribution in [3.05, 3.63) is 29.8 Å². The molecule has 7 heteroatoms. The van der Waals surface area contributed by atoms with Crippen molar-refractivity contribution in [1.29, 1.82) is 0 Å². The van der Waals surface area contributed by atoms with Crippen molar-refractivity contribution in [1.82, 2.24) is 14.9 Å². The highest BCUT2D eigenvalue weighted by Crippen LogP contribution is 2.26. The van der Waals surface area contributed by atoms with Crippen molar-refractivity contribution in [3.63, 3.8) is 0 Å². The molecule has 1 fully saturated rings. The average molecular weight is 368 g/mol. The summed E-state index contributed by atoms with van der Waals surface area (Å²) < 4.78 is 27.3. The first-order valence-electron chi connectivity index (χ1n) is 9.04. The van der Waals surface area contributed by atoms with Gasteiger partial charge in [-0.15, -0.1) is 0 Å². The fraction of sp³-hybridized carbons (Fsp3) is 0.611. The molecule has 1 amide bonds. The number of benzene rings is 1. The zero-order chi connectivity index (χ0) is 18.3. The number of rotatable bonds is 8. The van der Waals surface area contributed by atoms with Gasteiger partial charge in [-0.1, -0.05) is 32.3 Å². The molecule has 0 aromatic heterocycles. The van der Waals surface area contributed by atoms with Crippen LogP contribution in [0.1, 0.15) is 49.4 Å². The van der Waals surface area contributed by atoms with Crippen molar-refractivity contribution in [2.45, 2.75) is 50.0 Å². The molecule has 1 aromatic rings. The van der Waals surface area contributed by atoms with Gasteiger partial charge in [0, 0.05) is 31.7 Å². The third-order valence-electron chi connectivity index (χ3n) is 4.70. The zero-order valence-corrected chi connectivity index (χ0v) is 15.9. The number of nitrogens with one attached hydrogen (secondary N) is 2. The van der Waals surface area contributed by atoms with E-state index in [9.17, 15) is 13.2 Å². The normalized spacial score (nSPS) is 16.1. The van der Waals surface area contributed by atoms with Gasteiger partial charge in [-0.05, 0) is 37.6 Å². The Morgan fingerprint density at radius 2 is 1.92 bits per heavy atom. The van der Waals surface area contributed by atoms with Gasteiger partial charge in [-0.25, -0.2) is 8.42 Å². The maximum Gasteiger partial charge on any atom is 0.251 e. The molecule has 0 heterocycles. The van der Waals surface area contributed by atoms with Crippen molar-refractivity contribution in [2.75, 3.05) is 26.7 Å². The Labute approximate surface area is 151 Å². The van der Waals surface area contributed by atoms with Crippen molar-refractivity contribution in [2.24, 2.45) is 0 Å². The van der Waals surface area contributed by atoms with Crippen LogP contribution in [0.2, 0.25) is 0 Å². The quantitative estimate of drug-likeness (QED) is 0.689. The Morgan fingerprint density at radius 1 is 1.20 bits per heavy atom. The number of amides is 1. The molecule has 1 aliphatic carbocycles. The number of nitrogens with zero attached hydrogens (tertiary/aromatic N) is 1. The second-order valence-corrected chi connectivity index (χ2v) is 8.45. The SMILES string of the molecule is CCNCCNC(=O)c1cccc(S(=O)(=O)N(C)C2CCCCC2)c1. The smallest absolute Gasteiger partial charge is 0.251 e. The van der Waals surface area contributed by atoms with E-state index in [1.54, 1.807) is 25.2 Å². The highest BCUT2D eigenvalue weighted by molar-refractivity contribution is 7.89. The van der Waals surface area contributed by atoms with Crippen LogP contribution in [0.4, 0.5) is 0 Å². The molecule has 0 bridgehead atoms. The van der Waals surface area contributed by atoms with Gasteiger partial charge in [0.25, 0.3) is 5.91 Å². The average Bonchev–Trinajstić information content (AvgIpc) is 2.65. The molecule has 0 unspecified atom stereocenters. The monoisotopic (exact) mass is 367 g/mol. The van der Waals surface area contributed by atoms with Crippen molar-refractivity contribution < 1.29 is 13.2 Å². The van der Waals surface area contributed by atoms with E-state index in [0.717, 1.165) is 32.2 Å².